The number of fused-ring (bicyclic) bond motifs is 1. The molecule has 0 radical (unpaired) electrons. The second-order valence-corrected chi connectivity index (χ2v) is 7.37. The SMILES string of the molecule is COc1ccc(-n2c(C)nnc2SCC(=O)Nc2cccc3ccccc23)cc1. The Kier molecular flexibility index (Phi) is 5.48. The molecule has 0 saturated carbocycles. The average molecular weight is 404 g/mol. The molecular weight excluding hydrogens is 384 g/mol. The van der Waals surface area contributed by atoms with Gasteiger partial charge >= 0.3 is 0 Å². The molecule has 4 aromatic rings. The van der Waals surface area contributed by atoms with Gasteiger partial charge in [-0.25, -0.2) is 0 Å². The van der Waals surface area contributed by atoms with Crippen LogP contribution in [0.2, 0.25) is 0 Å². The van der Waals surface area contributed by atoms with Crippen molar-refractivity contribution in [3.63, 3.8) is 0 Å². The molecule has 0 fully saturated rings. The van der Waals surface area contributed by atoms with Gasteiger partial charge in [0.1, 0.15) is 11.6 Å². The maximum Gasteiger partial charge on any atom is 0.234 e. The van der Waals surface area contributed by atoms with E-state index in [-0.39, 0.29) is 11.7 Å². The third-order valence-electron chi connectivity index (χ3n) is 4.52. The summed E-state index contributed by atoms with van der Waals surface area (Å²) in [6.45, 7) is 1.89. The van der Waals surface area contributed by atoms with Crippen molar-refractivity contribution in [2.45, 2.75) is 12.1 Å². The Morgan fingerprint density at radius 3 is 2.59 bits per heavy atom. The first-order valence-corrected chi connectivity index (χ1v) is 10.1. The van der Waals surface area contributed by atoms with E-state index in [1.807, 2.05) is 78.2 Å². The number of ether oxygens (including phenoxy) is 1. The highest BCUT2D eigenvalue weighted by Crippen LogP contribution is 2.25. The molecule has 1 aromatic heterocycles. The summed E-state index contributed by atoms with van der Waals surface area (Å²) >= 11 is 1.35. The molecule has 1 amide bonds. The van der Waals surface area contributed by atoms with Crippen molar-refractivity contribution in [1.82, 2.24) is 14.8 Å². The molecule has 0 aliphatic carbocycles. The minimum atomic E-state index is -0.0895. The summed E-state index contributed by atoms with van der Waals surface area (Å²) in [6.07, 6.45) is 0. The van der Waals surface area contributed by atoms with Gasteiger partial charge in [-0.3, -0.25) is 9.36 Å². The van der Waals surface area contributed by atoms with Gasteiger partial charge in [-0.1, -0.05) is 48.2 Å². The van der Waals surface area contributed by atoms with Gasteiger partial charge in [0, 0.05) is 16.8 Å². The predicted octanol–water partition coefficient (Wildman–Crippen LogP) is 4.47. The number of aryl methyl sites for hydroxylation is 1. The Morgan fingerprint density at radius 1 is 1.03 bits per heavy atom. The summed E-state index contributed by atoms with van der Waals surface area (Å²) in [5.74, 6) is 1.68. The van der Waals surface area contributed by atoms with Crippen LogP contribution in [0.3, 0.4) is 0 Å². The van der Waals surface area contributed by atoms with Crippen LogP contribution in [0.25, 0.3) is 16.5 Å². The molecule has 0 aliphatic rings. The fraction of sp³-hybridized carbons (Fsp3) is 0.136. The first-order chi connectivity index (χ1) is 14.2. The number of hydrogen-bond donors (Lipinski definition) is 1. The van der Waals surface area contributed by atoms with E-state index >= 15 is 0 Å². The average Bonchev–Trinajstić information content (AvgIpc) is 3.13. The van der Waals surface area contributed by atoms with Crippen LogP contribution >= 0.6 is 11.8 Å². The molecular formula is C22H20N4O2S. The molecule has 7 heteroatoms. The molecule has 0 unspecified atom stereocenters. The van der Waals surface area contributed by atoms with Gasteiger partial charge in [0.25, 0.3) is 0 Å². The van der Waals surface area contributed by atoms with Crippen molar-refractivity contribution in [3.05, 3.63) is 72.6 Å². The van der Waals surface area contributed by atoms with Crippen LogP contribution in [0.1, 0.15) is 5.82 Å². The molecule has 1 heterocycles. The van der Waals surface area contributed by atoms with Crippen molar-refractivity contribution < 1.29 is 9.53 Å². The van der Waals surface area contributed by atoms with Crippen molar-refractivity contribution >= 4 is 34.1 Å². The smallest absolute Gasteiger partial charge is 0.234 e. The van der Waals surface area contributed by atoms with Crippen LogP contribution in [0.4, 0.5) is 5.69 Å². The monoisotopic (exact) mass is 404 g/mol. The maximum atomic E-state index is 12.6. The fourth-order valence-electron chi connectivity index (χ4n) is 3.12. The summed E-state index contributed by atoms with van der Waals surface area (Å²) in [7, 11) is 1.63. The number of aromatic nitrogens is 3. The quantitative estimate of drug-likeness (QED) is 0.480. The minimum absolute atomic E-state index is 0.0895. The number of nitrogens with one attached hydrogen (secondary N) is 1. The van der Waals surface area contributed by atoms with Gasteiger partial charge in [-0.15, -0.1) is 10.2 Å². The van der Waals surface area contributed by atoms with Crippen molar-refractivity contribution in [1.29, 1.82) is 0 Å². The zero-order chi connectivity index (χ0) is 20.2. The normalized spacial score (nSPS) is 10.8. The number of hydrogen-bond acceptors (Lipinski definition) is 5. The van der Waals surface area contributed by atoms with Crippen LogP contribution in [0, 0.1) is 6.92 Å². The first kappa shape index (κ1) is 19.0. The standard InChI is InChI=1S/C22H20N4O2S/c1-15-24-25-22(26(15)17-10-12-18(28-2)13-11-17)29-14-21(27)23-20-9-5-7-16-6-3-4-8-19(16)20/h3-13H,14H2,1-2H3,(H,23,27). The Balaban J connectivity index is 1.48. The number of anilines is 1. The van der Waals surface area contributed by atoms with Crippen molar-refractivity contribution in [2.75, 3.05) is 18.2 Å². The second kappa shape index (κ2) is 8.36. The lowest BCUT2D eigenvalue weighted by Gasteiger charge is -2.10. The summed E-state index contributed by atoms with van der Waals surface area (Å²) in [5, 5.41) is 14.2. The van der Waals surface area contributed by atoms with E-state index in [1.54, 1.807) is 7.11 Å². The zero-order valence-corrected chi connectivity index (χ0v) is 16.9. The van der Waals surface area contributed by atoms with Gasteiger partial charge < -0.3 is 10.1 Å². The Hall–Kier alpha value is -3.32. The van der Waals surface area contributed by atoms with E-state index < -0.39 is 0 Å². The molecule has 0 atom stereocenters. The minimum Gasteiger partial charge on any atom is -0.497 e. The van der Waals surface area contributed by atoms with Gasteiger partial charge in [0.15, 0.2) is 5.16 Å². The van der Waals surface area contributed by atoms with E-state index in [0.717, 1.165) is 33.7 Å². The molecule has 6 nitrogen and oxygen atoms in total. The fourth-order valence-corrected chi connectivity index (χ4v) is 3.91. The van der Waals surface area contributed by atoms with Crippen LogP contribution in [0.15, 0.2) is 71.9 Å². The molecule has 0 saturated heterocycles. The molecule has 4 rings (SSSR count). The lowest BCUT2D eigenvalue weighted by atomic mass is 10.1. The topological polar surface area (TPSA) is 69.0 Å². The second-order valence-electron chi connectivity index (χ2n) is 6.43. The lowest BCUT2D eigenvalue weighted by molar-refractivity contribution is -0.113. The van der Waals surface area contributed by atoms with E-state index in [2.05, 4.69) is 15.5 Å². The van der Waals surface area contributed by atoms with Gasteiger partial charge in [0.2, 0.25) is 5.91 Å². The lowest BCUT2D eigenvalue weighted by Crippen LogP contribution is -2.14. The largest absolute Gasteiger partial charge is 0.497 e. The summed E-state index contributed by atoms with van der Waals surface area (Å²) < 4.78 is 7.14. The third-order valence-corrected chi connectivity index (χ3v) is 5.45. The molecule has 0 bridgehead atoms. The zero-order valence-electron chi connectivity index (χ0n) is 16.1. The van der Waals surface area contributed by atoms with Gasteiger partial charge in [-0.05, 0) is 42.6 Å². The van der Waals surface area contributed by atoms with E-state index in [0.29, 0.717) is 5.16 Å². The molecule has 1 N–H and O–H groups in total. The molecule has 146 valence electrons. The number of benzene rings is 3. The highest BCUT2D eigenvalue weighted by Gasteiger charge is 2.14. The highest BCUT2D eigenvalue weighted by atomic mass is 32.2. The molecule has 0 aliphatic heterocycles. The number of methoxy groups -OCH3 is 1. The Bertz CT molecular complexity index is 1150. The van der Waals surface area contributed by atoms with Crippen molar-refractivity contribution in [3.8, 4) is 11.4 Å². The van der Waals surface area contributed by atoms with Crippen molar-refractivity contribution in [2.24, 2.45) is 0 Å². The Morgan fingerprint density at radius 2 is 1.79 bits per heavy atom. The van der Waals surface area contributed by atoms with Crippen LogP contribution in [-0.2, 0) is 4.79 Å². The van der Waals surface area contributed by atoms with Gasteiger partial charge in [0.05, 0.1) is 12.9 Å². The van der Waals surface area contributed by atoms with Gasteiger partial charge in [-0.2, -0.15) is 0 Å². The number of thioether (sulfide) groups is 1. The number of amides is 1. The number of carbonyl (C=O) groups excluding carboxylic acids is 1. The number of nitrogens with zero attached hydrogens (tertiary/aromatic N) is 3. The van der Waals surface area contributed by atoms with E-state index in [1.165, 1.54) is 11.8 Å². The summed E-state index contributed by atoms with van der Waals surface area (Å²) in [4.78, 5) is 12.6. The van der Waals surface area contributed by atoms with Crippen LogP contribution in [-0.4, -0.2) is 33.5 Å². The third kappa shape index (κ3) is 4.09. The Labute approximate surface area is 172 Å². The number of carbonyl (C=O) groups is 1. The summed E-state index contributed by atoms with van der Waals surface area (Å²) in [5.41, 5.74) is 1.73. The first-order valence-electron chi connectivity index (χ1n) is 9.12. The molecule has 29 heavy (non-hydrogen) atoms. The summed E-state index contributed by atoms with van der Waals surface area (Å²) in [6, 6.07) is 21.5. The van der Waals surface area contributed by atoms with E-state index in [4.69, 9.17) is 4.74 Å². The number of rotatable bonds is 6. The molecule has 0 spiro atoms. The maximum absolute atomic E-state index is 12.6. The van der Waals surface area contributed by atoms with Crippen LogP contribution < -0.4 is 10.1 Å². The highest BCUT2D eigenvalue weighted by molar-refractivity contribution is 7.99. The van der Waals surface area contributed by atoms with E-state index in [9.17, 15) is 4.79 Å². The predicted molar refractivity (Wildman–Crippen MR) is 116 cm³/mol. The van der Waals surface area contributed by atoms with Crippen LogP contribution in [0.5, 0.6) is 5.75 Å². The molecule has 3 aromatic carbocycles.